The normalized spacial score (nSPS) is 27.4. The Kier molecular flexibility index (Phi) is 37.7. The summed E-state index contributed by atoms with van der Waals surface area (Å²) >= 11 is 0. The number of aliphatic hydroxyl groups excluding tert-OH is 3. The highest BCUT2D eigenvalue weighted by Gasteiger charge is 2.64. The third-order valence-corrected chi connectivity index (χ3v) is 28.4. The molecule has 22 N–H and O–H groups in total. The van der Waals surface area contributed by atoms with E-state index in [1.54, 1.807) is 49.5 Å². The van der Waals surface area contributed by atoms with Crippen molar-refractivity contribution in [1.82, 2.24) is 73.7 Å². The van der Waals surface area contributed by atoms with Crippen LogP contribution in [0.3, 0.4) is 0 Å². The molecule has 4 aromatic rings. The van der Waals surface area contributed by atoms with Gasteiger partial charge in [0, 0.05) is 94.8 Å². The van der Waals surface area contributed by atoms with E-state index in [1.165, 1.54) is 62.8 Å². The molecule has 36 nitrogen and oxygen atoms in total. The maximum atomic E-state index is 15.3. The third-order valence-electron chi connectivity index (χ3n) is 28.4. The molecule has 19 atom stereocenters. The number of aromatic amines is 1. The molecule has 714 valence electrons. The van der Waals surface area contributed by atoms with Crippen LogP contribution in [0.1, 0.15) is 199 Å². The lowest BCUT2D eigenvalue weighted by molar-refractivity contribution is -0.171. The fourth-order valence-electron chi connectivity index (χ4n) is 21.1. The summed E-state index contributed by atoms with van der Waals surface area (Å²) in [4.78, 5) is 189. The van der Waals surface area contributed by atoms with Crippen molar-refractivity contribution in [3.8, 4) is 5.75 Å². The van der Waals surface area contributed by atoms with E-state index in [1.807, 2.05) is 18.2 Å². The average Bonchev–Trinajstić information content (AvgIpc) is 1.51. The van der Waals surface area contributed by atoms with Gasteiger partial charge in [0.15, 0.2) is 5.96 Å². The Hall–Kier alpha value is -10.8. The van der Waals surface area contributed by atoms with Gasteiger partial charge in [-0.25, -0.2) is 0 Å². The van der Waals surface area contributed by atoms with Gasteiger partial charge in [0.25, 0.3) is 0 Å². The molecule has 2 saturated heterocycles. The first-order valence-corrected chi connectivity index (χ1v) is 46.6. The van der Waals surface area contributed by atoms with Gasteiger partial charge in [0.2, 0.25) is 76.8 Å². The number of aliphatic hydroxyl groups is 3. The number of phenolic OH excluding ortho intramolecular Hbond substituents is 1. The highest BCUT2D eigenvalue weighted by Crippen LogP contribution is 2.71. The fourth-order valence-corrected chi connectivity index (χ4v) is 21.1. The molecular weight excluding hydrogens is 1670 g/mol. The SMILES string of the molecule is CCCC[C@H](NC(=O)[C@H](CO)NC(=O)[C@H](Cc1ccc(O)cc1)NC(=O)CCNC(=O)COCCOCCNC(=O)CCC(C)[C@H]1CC[C@H]2[C@@H]3CC[C@]4(C)CC(O)CC[C@]4(C)[C@H]3CC[C@]12C)C(=O)N[C@H]1CCC(=O)NCCCC[C@@H](C(N)=O)NC(=O)[C@H](Cc2c[nH]c3ccccc23)NC(=O)[C@H](CCCNC(=N)N)NC(=O)[C@@H](Cc2ccccc2)NC(=O)[C@@H]2C[C@@H](O)CN2C1=O. The predicted octanol–water partition coefficient (Wildman–Crippen LogP) is 2.23. The number of H-pyrrole nitrogens is 1. The number of aromatic hydroxyl groups is 1. The lowest BCUT2D eigenvalue weighted by Crippen LogP contribution is -2.61. The van der Waals surface area contributed by atoms with Crippen LogP contribution in [0.25, 0.3) is 10.9 Å². The molecule has 2 aliphatic heterocycles. The van der Waals surface area contributed by atoms with E-state index in [0.717, 1.165) is 47.4 Å². The molecule has 3 heterocycles. The van der Waals surface area contributed by atoms with Gasteiger partial charge in [0.1, 0.15) is 66.7 Å². The van der Waals surface area contributed by atoms with Crippen LogP contribution in [0.2, 0.25) is 0 Å². The van der Waals surface area contributed by atoms with Crippen LogP contribution in [0, 0.1) is 51.2 Å². The monoisotopic (exact) mass is 1810 g/mol. The number of para-hydroxylation sites is 1. The highest BCUT2D eigenvalue weighted by molar-refractivity contribution is 6.00. The minimum absolute atomic E-state index is 0.0109. The van der Waals surface area contributed by atoms with Crippen molar-refractivity contribution in [2.75, 3.05) is 65.8 Å². The van der Waals surface area contributed by atoms with Crippen molar-refractivity contribution >= 4 is 93.7 Å². The van der Waals surface area contributed by atoms with Crippen molar-refractivity contribution in [3.05, 3.63) is 102 Å². The topological polar surface area (TPSA) is 561 Å². The number of phenols is 1. The molecule has 0 radical (unpaired) electrons. The van der Waals surface area contributed by atoms with Gasteiger partial charge in [-0.1, -0.05) is 108 Å². The summed E-state index contributed by atoms with van der Waals surface area (Å²) < 4.78 is 11.2. The van der Waals surface area contributed by atoms with Crippen molar-refractivity contribution < 1.29 is 92.2 Å². The van der Waals surface area contributed by atoms with Gasteiger partial charge in [0.05, 0.1) is 38.6 Å². The molecule has 6 fully saturated rings. The number of nitrogens with two attached hydrogens (primary N) is 2. The van der Waals surface area contributed by atoms with Crippen LogP contribution >= 0.6 is 0 Å². The molecule has 36 heteroatoms. The Bertz CT molecular complexity index is 4540. The second-order valence-electron chi connectivity index (χ2n) is 37.3. The summed E-state index contributed by atoms with van der Waals surface area (Å²) in [6.45, 7) is 10.4. The number of ether oxygens (including phenoxy) is 2. The first-order chi connectivity index (χ1) is 62.2. The number of nitrogens with one attached hydrogen (secondary N) is 14. The molecule has 0 spiro atoms. The molecule has 0 bridgehead atoms. The van der Waals surface area contributed by atoms with Crippen LogP contribution < -0.4 is 75.3 Å². The maximum absolute atomic E-state index is 15.3. The Labute approximate surface area is 760 Å². The van der Waals surface area contributed by atoms with Crippen LogP contribution in [0.4, 0.5) is 0 Å². The standard InChI is InChI=1S/C94H139N17O19/c1-6-7-19-70(106-88(126)76(54-112)110-85(123)73(48-58-24-26-60(113)27-25-58)103-80(118)36-42-99-81(119)55-130-46-45-129-44-43-100-78(116)31-23-56(2)65-28-29-66-64-34-37-92(3)51-61(114)33-39-94(92,5)67(64)35-38-93(65,66)4)83(121)107-72-30-32-79(117)98-40-14-13-21-69(82(95)120)104-87(125)75(49-59-52-102-68-20-12-11-18-63(59)68)108-84(122)71(22-15-41-101-91(96)97)105-86(124)74(47-57-16-9-8-10-17-57)109-89(127)77-50-62(115)53-111(77)90(72)128/h8-12,16-18,20,24-27,52,56,61-62,64-67,69-77,102,112-115H,6-7,13-15,19,21-23,28-51,53-55H2,1-5H3,(H2,95,120)(H,98,117)(H,99,119)(H,100,116)(H,103,118)(H,104,125)(H,105,124)(H,106,126)(H,107,121)(H,108,122)(H,109,127)(H,110,123)(H4,96,97,101)/t56?,61?,62-,64+,65-,66+,67+,69+,70+,71+,72+,73+,74-,75+,76+,77+,92-,93-,94-/m1/s1. The second-order valence-corrected chi connectivity index (χ2v) is 37.3. The minimum Gasteiger partial charge on any atom is -0.508 e. The number of carbonyl (C=O) groups is 13. The lowest BCUT2D eigenvalue weighted by Gasteiger charge is -2.65. The number of primary amides is 1. The Morgan fingerprint density at radius 2 is 1.32 bits per heavy atom. The number of carbonyl (C=O) groups excluding carboxylic acids is 13. The number of aromatic nitrogens is 1. The summed E-state index contributed by atoms with van der Waals surface area (Å²) in [6.07, 6.45) is 10.8. The molecular formula is C94H139N17O19. The minimum atomic E-state index is -1.78. The van der Waals surface area contributed by atoms with Gasteiger partial charge < -0.3 is 115 Å². The molecule has 6 aliphatic rings. The maximum Gasteiger partial charge on any atom is 0.246 e. The largest absolute Gasteiger partial charge is 0.508 e. The highest BCUT2D eigenvalue weighted by atomic mass is 16.5. The number of unbranched alkanes of at least 4 members (excludes halogenated alkanes) is 1. The zero-order valence-corrected chi connectivity index (χ0v) is 75.8. The zero-order valence-electron chi connectivity index (χ0n) is 75.8. The van der Waals surface area contributed by atoms with Gasteiger partial charge in [-0.15, -0.1) is 0 Å². The Morgan fingerprint density at radius 1 is 0.631 bits per heavy atom. The smallest absolute Gasteiger partial charge is 0.246 e. The second kappa shape index (κ2) is 48.4. The number of rotatable bonds is 37. The van der Waals surface area contributed by atoms with E-state index in [0.29, 0.717) is 59.7 Å². The number of amides is 13. The van der Waals surface area contributed by atoms with Crippen molar-refractivity contribution in [2.24, 2.45) is 57.3 Å². The molecule has 4 saturated carbocycles. The quantitative estimate of drug-likeness (QED) is 0.0175. The first-order valence-electron chi connectivity index (χ1n) is 46.6. The zero-order chi connectivity index (χ0) is 93.8. The summed E-state index contributed by atoms with van der Waals surface area (Å²) in [5.74, 6) is -7.56. The third kappa shape index (κ3) is 27.9. The summed E-state index contributed by atoms with van der Waals surface area (Å²) in [5.41, 5.74) is 14.6. The average molecular weight is 1810 g/mol. The van der Waals surface area contributed by atoms with E-state index in [-0.39, 0.29) is 163 Å². The Morgan fingerprint density at radius 3 is 2.07 bits per heavy atom. The van der Waals surface area contributed by atoms with Gasteiger partial charge in [-0.05, 0) is 190 Å². The van der Waals surface area contributed by atoms with Crippen LogP contribution in [-0.2, 0) is 91.1 Å². The summed E-state index contributed by atoms with van der Waals surface area (Å²) in [6, 6.07) is 7.91. The van der Waals surface area contributed by atoms with E-state index in [4.69, 9.17) is 26.4 Å². The van der Waals surface area contributed by atoms with Crippen LogP contribution in [0.15, 0.2) is 85.1 Å². The van der Waals surface area contributed by atoms with E-state index >= 15 is 4.79 Å². The van der Waals surface area contributed by atoms with Crippen LogP contribution in [0.5, 0.6) is 5.75 Å². The van der Waals surface area contributed by atoms with Crippen molar-refractivity contribution in [3.63, 3.8) is 0 Å². The van der Waals surface area contributed by atoms with E-state index in [9.17, 15) is 78.0 Å². The number of hydrogen-bond donors (Lipinski definition) is 20. The molecule has 1 aromatic heterocycles. The molecule has 10 rings (SSSR count). The van der Waals surface area contributed by atoms with Gasteiger partial charge in [-0.3, -0.25) is 67.7 Å². The van der Waals surface area contributed by atoms with Crippen molar-refractivity contribution in [2.45, 2.75) is 268 Å². The molecule has 2 unspecified atom stereocenters. The first kappa shape index (κ1) is 101. The lowest BCUT2D eigenvalue weighted by atomic mass is 9.40. The molecule has 13 amide bonds. The van der Waals surface area contributed by atoms with Gasteiger partial charge >= 0.3 is 0 Å². The van der Waals surface area contributed by atoms with E-state index in [2.05, 4.69) is 96.5 Å². The number of hydrogen-bond acceptors (Lipinski definition) is 20. The summed E-state index contributed by atoms with van der Waals surface area (Å²) in [7, 11) is 0. The number of nitrogens with zero attached hydrogens (tertiary/aromatic N) is 1. The van der Waals surface area contributed by atoms with Crippen LogP contribution in [-0.4, -0.2) is 245 Å². The van der Waals surface area contributed by atoms with Crippen molar-refractivity contribution in [1.29, 1.82) is 5.41 Å². The summed E-state index contributed by atoms with van der Waals surface area (Å²) in [5, 5.41) is 83.7. The molecule has 3 aromatic carbocycles. The Balaban J connectivity index is 0.730. The number of guanidine groups is 1. The fraction of sp³-hybridized carbons (Fsp3) is 0.638. The number of fused-ring (bicyclic) bond motifs is 7. The predicted molar refractivity (Wildman–Crippen MR) is 483 cm³/mol. The molecule has 4 aliphatic carbocycles. The number of benzene rings is 3. The van der Waals surface area contributed by atoms with Gasteiger partial charge in [-0.2, -0.15) is 0 Å². The van der Waals surface area contributed by atoms with E-state index < -0.39 is 157 Å². The molecule has 130 heavy (non-hydrogen) atoms.